The quantitative estimate of drug-likeness (QED) is 0.189. The Bertz CT molecular complexity index is 1530. The highest BCUT2D eigenvalue weighted by Crippen LogP contribution is 2.48. The molecule has 0 radical (unpaired) electrons. The Morgan fingerprint density at radius 1 is 1.04 bits per heavy atom. The first-order valence-electron chi connectivity index (χ1n) is 16.9. The molecule has 0 aromatic heterocycles. The lowest BCUT2D eigenvalue weighted by molar-refractivity contribution is -0.108. The van der Waals surface area contributed by atoms with E-state index in [1.54, 1.807) is 50.2 Å². The van der Waals surface area contributed by atoms with Gasteiger partial charge in [0.05, 0.1) is 56.0 Å². The van der Waals surface area contributed by atoms with Gasteiger partial charge in [-0.25, -0.2) is 13.2 Å². The van der Waals surface area contributed by atoms with Gasteiger partial charge in [-0.1, -0.05) is 32.9 Å². The summed E-state index contributed by atoms with van der Waals surface area (Å²) in [6, 6.07) is 11.9. The van der Waals surface area contributed by atoms with Crippen LogP contribution in [0.2, 0.25) is 0 Å². The summed E-state index contributed by atoms with van der Waals surface area (Å²) in [5.41, 5.74) is 0.198. The predicted octanol–water partition coefficient (Wildman–Crippen LogP) is 4.79. The zero-order chi connectivity index (χ0) is 36.5. The maximum absolute atomic E-state index is 13.8. The Morgan fingerprint density at radius 2 is 1.68 bits per heavy atom. The van der Waals surface area contributed by atoms with Gasteiger partial charge in [-0.15, -0.1) is 0 Å². The minimum absolute atomic E-state index is 0.0479. The van der Waals surface area contributed by atoms with Gasteiger partial charge in [0.1, 0.15) is 17.6 Å². The maximum atomic E-state index is 13.8. The Labute approximate surface area is 295 Å². The number of rotatable bonds is 19. The van der Waals surface area contributed by atoms with Gasteiger partial charge in [-0.2, -0.15) is 4.31 Å². The summed E-state index contributed by atoms with van der Waals surface area (Å²) >= 11 is 0. The molecule has 2 aromatic carbocycles. The van der Waals surface area contributed by atoms with Crippen LogP contribution in [0.25, 0.3) is 0 Å². The minimum Gasteiger partial charge on any atom is -0.497 e. The Hall–Kier alpha value is -2.75. The molecule has 0 spiro atoms. The number of sulfonamides is 1. The third kappa shape index (κ3) is 10.2. The number of carbonyl (C=O) groups excluding carboxylic acids is 1. The van der Waals surface area contributed by atoms with Gasteiger partial charge in [-0.3, -0.25) is 4.57 Å². The van der Waals surface area contributed by atoms with Crippen molar-refractivity contribution in [1.82, 2.24) is 9.62 Å². The molecule has 5 atom stereocenters. The van der Waals surface area contributed by atoms with E-state index in [1.165, 1.54) is 23.5 Å². The van der Waals surface area contributed by atoms with E-state index in [0.29, 0.717) is 30.1 Å². The van der Waals surface area contributed by atoms with Crippen LogP contribution in [0.4, 0.5) is 4.79 Å². The van der Waals surface area contributed by atoms with Crippen molar-refractivity contribution in [2.45, 2.75) is 76.9 Å². The van der Waals surface area contributed by atoms with Gasteiger partial charge in [0.25, 0.3) is 0 Å². The Kier molecular flexibility index (Phi) is 14.1. The second-order valence-corrected chi connectivity index (χ2v) is 16.9. The average Bonchev–Trinajstić information content (AvgIpc) is 3.60. The zero-order valence-corrected chi connectivity index (χ0v) is 31.3. The van der Waals surface area contributed by atoms with E-state index in [9.17, 15) is 22.9 Å². The molecule has 2 aliphatic rings. The summed E-state index contributed by atoms with van der Waals surface area (Å²) in [6.45, 7) is 10.0. The molecule has 2 heterocycles. The van der Waals surface area contributed by atoms with Crippen LogP contribution >= 0.6 is 7.60 Å². The van der Waals surface area contributed by atoms with Crippen molar-refractivity contribution in [3.63, 3.8) is 0 Å². The third-order valence-electron chi connectivity index (χ3n) is 8.68. The van der Waals surface area contributed by atoms with E-state index < -0.39 is 53.7 Å². The van der Waals surface area contributed by atoms with Crippen LogP contribution in [0.3, 0.4) is 0 Å². The van der Waals surface area contributed by atoms with Gasteiger partial charge < -0.3 is 43.2 Å². The number of aliphatic hydroxyl groups excluding tert-OH is 1. The summed E-state index contributed by atoms with van der Waals surface area (Å²) < 4.78 is 80.3. The SMILES string of the molecule is CCOP(=O)(COc1ccc(CC(NC(=O)O[C@H]2CO[C@H]3OCC[C@]32C)[C@H](O)CN(CC(C)C)S(=O)(=O)c2ccc(OC)cc2)cc1)OCC. The van der Waals surface area contributed by atoms with Crippen molar-refractivity contribution in [2.24, 2.45) is 11.3 Å². The predicted molar refractivity (Wildman–Crippen MR) is 185 cm³/mol. The van der Waals surface area contributed by atoms with Crippen LogP contribution in [0.1, 0.15) is 46.6 Å². The number of nitrogens with zero attached hydrogens (tertiary/aromatic N) is 1. The van der Waals surface area contributed by atoms with Crippen LogP contribution in [0.15, 0.2) is 53.4 Å². The number of hydrogen-bond donors (Lipinski definition) is 2. The largest absolute Gasteiger partial charge is 0.497 e. The van der Waals surface area contributed by atoms with Crippen molar-refractivity contribution in [3.8, 4) is 11.5 Å². The van der Waals surface area contributed by atoms with Crippen LogP contribution in [0.5, 0.6) is 11.5 Å². The van der Waals surface area contributed by atoms with Gasteiger partial charge in [0.2, 0.25) is 10.0 Å². The fourth-order valence-corrected chi connectivity index (χ4v) is 8.86. The van der Waals surface area contributed by atoms with Crippen molar-refractivity contribution >= 4 is 23.7 Å². The molecule has 0 aliphatic carbocycles. The fourth-order valence-electron chi connectivity index (χ4n) is 5.92. The Morgan fingerprint density at radius 3 is 2.28 bits per heavy atom. The monoisotopic (exact) mass is 742 g/mol. The highest BCUT2D eigenvalue weighted by Gasteiger charge is 2.54. The lowest BCUT2D eigenvalue weighted by Crippen LogP contribution is -2.52. The lowest BCUT2D eigenvalue weighted by atomic mass is 9.84. The molecule has 1 amide bonds. The normalized spacial score (nSPS) is 21.9. The number of carbonyl (C=O) groups is 1. The van der Waals surface area contributed by atoms with E-state index in [1.807, 2.05) is 20.8 Å². The molecule has 2 saturated heterocycles. The minimum atomic E-state index is -4.04. The number of aliphatic hydroxyl groups is 1. The summed E-state index contributed by atoms with van der Waals surface area (Å²) in [4.78, 5) is 13.4. The molecule has 50 heavy (non-hydrogen) atoms. The van der Waals surface area contributed by atoms with E-state index in [-0.39, 0.29) is 56.5 Å². The molecule has 1 unspecified atom stereocenters. The number of amides is 1. The molecule has 2 N–H and O–H groups in total. The number of alkyl carbamates (subject to hydrolysis) is 1. The van der Waals surface area contributed by atoms with Crippen LogP contribution in [0, 0.1) is 11.3 Å². The highest BCUT2D eigenvalue weighted by atomic mass is 32.2. The summed E-state index contributed by atoms with van der Waals surface area (Å²) in [5, 5.41) is 14.5. The van der Waals surface area contributed by atoms with E-state index in [0.717, 1.165) is 0 Å². The first-order chi connectivity index (χ1) is 23.7. The molecule has 2 fully saturated rings. The second-order valence-electron chi connectivity index (χ2n) is 13.0. The molecule has 4 rings (SSSR count). The highest BCUT2D eigenvalue weighted by molar-refractivity contribution is 7.89. The number of ether oxygens (including phenoxy) is 5. The van der Waals surface area contributed by atoms with E-state index >= 15 is 0 Å². The molecule has 16 heteroatoms. The standard InChI is InChI=1S/C34H51N2O12PS/c1-7-46-49(39,47-8-2)23-45-27-11-9-25(10-12-27)19-29(35-33(38)48-31-22-44-32-34(31,5)17-18-43-32)30(37)21-36(20-24(3)4)50(40,41)28-15-13-26(42-6)14-16-28/h9-16,24,29-32,37H,7-8,17-23H2,1-6H3,(H,35,38)/t29?,30-,31+,32-,34+/m1/s1. The number of hydrogen-bond acceptors (Lipinski definition) is 12. The molecular weight excluding hydrogens is 691 g/mol. The summed E-state index contributed by atoms with van der Waals surface area (Å²) in [6.07, 6.45) is -2.64. The lowest BCUT2D eigenvalue weighted by Gasteiger charge is -2.32. The molecule has 2 aliphatic heterocycles. The molecular formula is C34H51N2O12PS. The molecule has 14 nitrogen and oxygen atoms in total. The van der Waals surface area contributed by atoms with Crippen molar-refractivity contribution in [3.05, 3.63) is 54.1 Å². The Balaban J connectivity index is 1.53. The first-order valence-corrected chi connectivity index (χ1v) is 20.0. The van der Waals surface area contributed by atoms with Crippen LogP contribution in [-0.2, 0) is 44.3 Å². The van der Waals surface area contributed by atoms with Gasteiger partial charge in [0, 0.05) is 13.1 Å². The number of nitrogens with one attached hydrogen (secondary N) is 1. The number of fused-ring (bicyclic) bond motifs is 1. The van der Waals surface area contributed by atoms with Gasteiger partial charge >= 0.3 is 13.7 Å². The summed E-state index contributed by atoms with van der Waals surface area (Å²) in [5.74, 6) is 0.854. The van der Waals surface area contributed by atoms with E-state index in [4.69, 9.17) is 32.7 Å². The van der Waals surface area contributed by atoms with Gasteiger partial charge in [0.15, 0.2) is 12.6 Å². The smallest absolute Gasteiger partial charge is 0.407 e. The first kappa shape index (κ1) is 40.0. The zero-order valence-electron chi connectivity index (χ0n) is 29.6. The van der Waals surface area contributed by atoms with Crippen molar-refractivity contribution in [1.29, 1.82) is 0 Å². The fraction of sp³-hybridized carbons (Fsp3) is 0.618. The molecule has 280 valence electrons. The van der Waals surface area contributed by atoms with Crippen LogP contribution in [-0.4, -0.2) is 101 Å². The third-order valence-corrected chi connectivity index (χ3v) is 12.3. The van der Waals surface area contributed by atoms with E-state index in [2.05, 4.69) is 5.32 Å². The number of methoxy groups -OCH3 is 1. The average molecular weight is 743 g/mol. The topological polar surface area (TPSA) is 168 Å². The van der Waals surface area contributed by atoms with Crippen LogP contribution < -0.4 is 14.8 Å². The number of benzene rings is 2. The maximum Gasteiger partial charge on any atom is 0.407 e. The molecule has 0 bridgehead atoms. The van der Waals surface area contributed by atoms with Crippen molar-refractivity contribution < 1.29 is 55.6 Å². The molecule has 0 saturated carbocycles. The second kappa shape index (κ2) is 17.6. The molecule has 2 aromatic rings. The van der Waals surface area contributed by atoms with Crippen molar-refractivity contribution in [2.75, 3.05) is 53.0 Å². The summed E-state index contributed by atoms with van der Waals surface area (Å²) in [7, 11) is -5.97. The van der Waals surface area contributed by atoms with Gasteiger partial charge in [-0.05, 0) is 74.6 Å².